The van der Waals surface area contributed by atoms with E-state index in [0.29, 0.717) is 19.1 Å². The van der Waals surface area contributed by atoms with Crippen molar-refractivity contribution in [3.63, 3.8) is 0 Å². The zero-order valence-electron chi connectivity index (χ0n) is 10.3. The highest BCUT2D eigenvalue weighted by molar-refractivity contribution is 5.66. The number of carbonyl (C=O) groups is 1. The van der Waals surface area contributed by atoms with Crippen LogP contribution >= 0.6 is 0 Å². The Morgan fingerprint density at radius 3 is 2.71 bits per heavy atom. The Morgan fingerprint density at radius 2 is 2.24 bits per heavy atom. The highest BCUT2D eigenvalue weighted by Gasteiger charge is 2.30. The fourth-order valence-corrected chi connectivity index (χ4v) is 1.84. The summed E-state index contributed by atoms with van der Waals surface area (Å²) in [6.45, 7) is 3.19. The lowest BCUT2D eigenvalue weighted by Gasteiger charge is -2.20. The second-order valence-corrected chi connectivity index (χ2v) is 4.57. The van der Waals surface area contributed by atoms with Crippen molar-refractivity contribution in [3.8, 4) is 0 Å². The molecule has 0 amide bonds. The number of carboxylic acid groups (broad SMARTS) is 1. The van der Waals surface area contributed by atoms with Crippen molar-refractivity contribution in [1.29, 1.82) is 0 Å². The molecule has 0 unspecified atom stereocenters. The third-order valence-corrected chi connectivity index (χ3v) is 3.20. The molecule has 1 aliphatic rings. The smallest absolute Gasteiger partial charge is 0.304 e. The second-order valence-electron chi connectivity index (χ2n) is 4.57. The van der Waals surface area contributed by atoms with E-state index >= 15 is 0 Å². The molecule has 17 heavy (non-hydrogen) atoms. The molecule has 1 heterocycles. The highest BCUT2D eigenvalue weighted by atomic mass is 16.4. The van der Waals surface area contributed by atoms with E-state index < -0.39 is 5.97 Å². The number of aromatic nitrogens is 3. The van der Waals surface area contributed by atoms with Gasteiger partial charge in [0.2, 0.25) is 0 Å². The molecular weight excluding hydrogens is 220 g/mol. The normalized spacial score (nSPS) is 15.5. The van der Waals surface area contributed by atoms with Gasteiger partial charge in [0, 0.05) is 19.6 Å². The third kappa shape index (κ3) is 3.03. The molecule has 94 valence electrons. The van der Waals surface area contributed by atoms with Crippen LogP contribution in [0.15, 0.2) is 0 Å². The summed E-state index contributed by atoms with van der Waals surface area (Å²) >= 11 is 0. The summed E-state index contributed by atoms with van der Waals surface area (Å²) in [6, 6.07) is 0.534. The Labute approximate surface area is 100 Å². The fourth-order valence-electron chi connectivity index (χ4n) is 1.84. The lowest BCUT2D eigenvalue weighted by atomic mass is 10.3. The van der Waals surface area contributed by atoms with Crippen molar-refractivity contribution < 1.29 is 9.90 Å². The summed E-state index contributed by atoms with van der Waals surface area (Å²) in [4.78, 5) is 12.8. The topological polar surface area (TPSA) is 71.2 Å². The van der Waals surface area contributed by atoms with Gasteiger partial charge in [0.1, 0.15) is 11.6 Å². The van der Waals surface area contributed by atoms with E-state index in [4.69, 9.17) is 5.11 Å². The zero-order valence-corrected chi connectivity index (χ0v) is 10.3. The van der Waals surface area contributed by atoms with E-state index in [1.807, 2.05) is 18.5 Å². The Hall–Kier alpha value is -1.43. The summed E-state index contributed by atoms with van der Waals surface area (Å²) in [7, 11) is 1.94. The van der Waals surface area contributed by atoms with E-state index in [1.165, 1.54) is 0 Å². The van der Waals surface area contributed by atoms with Crippen molar-refractivity contribution in [1.82, 2.24) is 19.7 Å². The van der Waals surface area contributed by atoms with Crippen molar-refractivity contribution in [2.24, 2.45) is 7.05 Å². The van der Waals surface area contributed by atoms with Crippen molar-refractivity contribution in [3.05, 3.63) is 11.6 Å². The molecule has 6 heteroatoms. The van der Waals surface area contributed by atoms with E-state index in [0.717, 1.165) is 24.5 Å². The quantitative estimate of drug-likeness (QED) is 0.784. The van der Waals surface area contributed by atoms with Gasteiger partial charge >= 0.3 is 5.97 Å². The SMILES string of the molecule is Cc1nnc(CN(CCC(=O)O)C2CC2)n1C. The maximum absolute atomic E-state index is 10.6. The van der Waals surface area contributed by atoms with Crippen LogP contribution in [0.25, 0.3) is 0 Å². The molecule has 1 fully saturated rings. The molecular formula is C11H18N4O2. The van der Waals surface area contributed by atoms with Gasteiger partial charge in [0.15, 0.2) is 0 Å². The summed E-state index contributed by atoms with van der Waals surface area (Å²) in [5, 5.41) is 16.9. The molecule has 1 N–H and O–H groups in total. The molecule has 0 aliphatic heterocycles. The van der Waals surface area contributed by atoms with E-state index in [-0.39, 0.29) is 6.42 Å². The molecule has 0 bridgehead atoms. The van der Waals surface area contributed by atoms with Gasteiger partial charge < -0.3 is 9.67 Å². The Kier molecular flexibility index (Phi) is 3.42. The number of hydrogen-bond donors (Lipinski definition) is 1. The molecule has 0 spiro atoms. The molecule has 6 nitrogen and oxygen atoms in total. The summed E-state index contributed by atoms with van der Waals surface area (Å²) in [5.41, 5.74) is 0. The first-order chi connectivity index (χ1) is 8.08. The lowest BCUT2D eigenvalue weighted by Crippen LogP contribution is -2.29. The first kappa shape index (κ1) is 12.0. The summed E-state index contributed by atoms with van der Waals surface area (Å²) in [5.74, 6) is 1.04. The Balaban J connectivity index is 1.97. The standard InChI is InChI=1S/C11H18N4O2/c1-8-12-13-10(14(8)2)7-15(9-3-4-9)6-5-11(16)17/h9H,3-7H2,1-2H3,(H,16,17). The van der Waals surface area contributed by atoms with Crippen LogP contribution in [0.5, 0.6) is 0 Å². The average molecular weight is 238 g/mol. The van der Waals surface area contributed by atoms with Gasteiger partial charge in [-0.15, -0.1) is 10.2 Å². The molecule has 0 aromatic carbocycles. The number of aryl methyl sites for hydroxylation is 1. The number of carboxylic acids is 1. The zero-order chi connectivity index (χ0) is 12.4. The van der Waals surface area contributed by atoms with Crippen LogP contribution in [0.4, 0.5) is 0 Å². The first-order valence-electron chi connectivity index (χ1n) is 5.88. The minimum Gasteiger partial charge on any atom is -0.481 e. The molecule has 0 saturated heterocycles. The molecule has 0 radical (unpaired) electrons. The fraction of sp³-hybridized carbons (Fsp3) is 0.727. The molecule has 0 atom stereocenters. The second kappa shape index (κ2) is 4.83. The molecule has 1 saturated carbocycles. The van der Waals surface area contributed by atoms with E-state index in [2.05, 4.69) is 15.1 Å². The largest absolute Gasteiger partial charge is 0.481 e. The monoisotopic (exact) mass is 238 g/mol. The molecule has 2 rings (SSSR count). The van der Waals surface area contributed by atoms with Crippen molar-refractivity contribution >= 4 is 5.97 Å². The van der Waals surface area contributed by atoms with E-state index in [1.54, 1.807) is 0 Å². The van der Waals surface area contributed by atoms with Gasteiger partial charge in [-0.1, -0.05) is 0 Å². The third-order valence-electron chi connectivity index (χ3n) is 3.20. The van der Waals surface area contributed by atoms with Crippen LogP contribution in [0.2, 0.25) is 0 Å². The van der Waals surface area contributed by atoms with Crippen LogP contribution in [0.1, 0.15) is 30.9 Å². The molecule has 1 aliphatic carbocycles. The van der Waals surface area contributed by atoms with Crippen molar-refractivity contribution in [2.75, 3.05) is 6.54 Å². The van der Waals surface area contributed by atoms with Crippen LogP contribution in [-0.4, -0.2) is 43.3 Å². The number of nitrogens with zero attached hydrogens (tertiary/aromatic N) is 4. The average Bonchev–Trinajstić information content (AvgIpc) is 3.06. The highest BCUT2D eigenvalue weighted by Crippen LogP contribution is 2.28. The van der Waals surface area contributed by atoms with Crippen molar-refractivity contribution in [2.45, 2.75) is 38.8 Å². The van der Waals surface area contributed by atoms with Crippen LogP contribution in [0.3, 0.4) is 0 Å². The van der Waals surface area contributed by atoms with Gasteiger partial charge in [0.25, 0.3) is 0 Å². The Morgan fingerprint density at radius 1 is 1.53 bits per heavy atom. The maximum Gasteiger partial charge on any atom is 0.304 e. The number of hydrogen-bond acceptors (Lipinski definition) is 4. The maximum atomic E-state index is 10.6. The minimum absolute atomic E-state index is 0.188. The van der Waals surface area contributed by atoms with Gasteiger partial charge in [-0.25, -0.2) is 0 Å². The van der Waals surface area contributed by atoms with Crippen LogP contribution in [0, 0.1) is 6.92 Å². The van der Waals surface area contributed by atoms with Gasteiger partial charge in [-0.05, 0) is 19.8 Å². The predicted octanol–water partition coefficient (Wildman–Crippen LogP) is 0.563. The van der Waals surface area contributed by atoms with E-state index in [9.17, 15) is 4.79 Å². The number of rotatable bonds is 6. The lowest BCUT2D eigenvalue weighted by molar-refractivity contribution is -0.137. The van der Waals surface area contributed by atoms with Gasteiger partial charge in [-0.2, -0.15) is 0 Å². The van der Waals surface area contributed by atoms with Gasteiger partial charge in [0.05, 0.1) is 13.0 Å². The summed E-state index contributed by atoms with van der Waals surface area (Å²) in [6.07, 6.45) is 2.51. The first-order valence-corrected chi connectivity index (χ1v) is 5.88. The Bertz CT molecular complexity index is 412. The van der Waals surface area contributed by atoms with Gasteiger partial charge in [-0.3, -0.25) is 9.69 Å². The molecule has 1 aromatic heterocycles. The van der Waals surface area contributed by atoms with Crippen LogP contribution in [-0.2, 0) is 18.4 Å². The predicted molar refractivity (Wildman–Crippen MR) is 61.4 cm³/mol. The molecule has 1 aromatic rings. The van der Waals surface area contributed by atoms with Crippen LogP contribution < -0.4 is 0 Å². The minimum atomic E-state index is -0.746. The number of aliphatic carboxylic acids is 1. The summed E-state index contributed by atoms with van der Waals surface area (Å²) < 4.78 is 1.95.